The largest absolute Gasteiger partial charge is 0.416 e. The highest BCUT2D eigenvalue weighted by molar-refractivity contribution is 8.00. The van der Waals surface area contributed by atoms with Gasteiger partial charge in [0.05, 0.1) is 5.56 Å². The lowest BCUT2D eigenvalue weighted by Gasteiger charge is -2.20. The van der Waals surface area contributed by atoms with E-state index < -0.39 is 11.7 Å². The first-order chi connectivity index (χ1) is 10.6. The van der Waals surface area contributed by atoms with E-state index in [-0.39, 0.29) is 5.41 Å². The Morgan fingerprint density at radius 2 is 1.43 bits per heavy atom. The number of rotatable bonds is 3. The van der Waals surface area contributed by atoms with Gasteiger partial charge < -0.3 is 4.72 Å². The van der Waals surface area contributed by atoms with Gasteiger partial charge >= 0.3 is 6.18 Å². The second-order valence-corrected chi connectivity index (χ2v) is 7.39. The van der Waals surface area contributed by atoms with E-state index >= 15 is 0 Å². The van der Waals surface area contributed by atoms with Crippen molar-refractivity contribution in [3.05, 3.63) is 59.2 Å². The van der Waals surface area contributed by atoms with E-state index in [2.05, 4.69) is 37.6 Å². The first-order valence-electron chi connectivity index (χ1n) is 7.28. The minimum atomic E-state index is -4.30. The van der Waals surface area contributed by atoms with Crippen LogP contribution in [0.4, 0.5) is 18.9 Å². The Kier molecular flexibility index (Phi) is 4.99. The van der Waals surface area contributed by atoms with E-state index in [9.17, 15) is 13.2 Å². The molecule has 0 aromatic heterocycles. The van der Waals surface area contributed by atoms with Crippen LogP contribution in [0.2, 0.25) is 0 Å². The Morgan fingerprint density at radius 3 is 1.91 bits per heavy atom. The van der Waals surface area contributed by atoms with Crippen LogP contribution in [-0.2, 0) is 11.6 Å². The van der Waals surface area contributed by atoms with Crippen LogP contribution >= 0.6 is 11.9 Å². The molecule has 0 spiro atoms. The molecule has 0 fully saturated rings. The van der Waals surface area contributed by atoms with Crippen LogP contribution < -0.4 is 4.72 Å². The second kappa shape index (κ2) is 6.48. The quantitative estimate of drug-likeness (QED) is 0.647. The molecule has 0 amide bonds. The van der Waals surface area contributed by atoms with Crippen LogP contribution in [0.25, 0.3) is 0 Å². The molecule has 0 aliphatic heterocycles. The van der Waals surface area contributed by atoms with E-state index in [0.717, 1.165) is 28.3 Å². The van der Waals surface area contributed by atoms with Crippen LogP contribution in [0.5, 0.6) is 0 Å². The molecule has 0 aliphatic carbocycles. The van der Waals surface area contributed by atoms with Crippen molar-refractivity contribution in [2.75, 3.05) is 4.72 Å². The van der Waals surface area contributed by atoms with Crippen molar-refractivity contribution in [3.8, 4) is 0 Å². The maximum atomic E-state index is 12.5. The Morgan fingerprint density at radius 1 is 0.870 bits per heavy atom. The molecule has 0 heterocycles. The van der Waals surface area contributed by atoms with Gasteiger partial charge in [-0.25, -0.2) is 0 Å². The van der Waals surface area contributed by atoms with Crippen molar-refractivity contribution in [1.82, 2.24) is 0 Å². The van der Waals surface area contributed by atoms with Gasteiger partial charge in [0.25, 0.3) is 0 Å². The van der Waals surface area contributed by atoms with E-state index in [0.29, 0.717) is 0 Å². The third kappa shape index (κ3) is 4.67. The number of alkyl halides is 3. The fourth-order valence-electron chi connectivity index (χ4n) is 2.07. The van der Waals surface area contributed by atoms with Crippen molar-refractivity contribution in [1.29, 1.82) is 0 Å². The van der Waals surface area contributed by atoms with Crippen LogP contribution in [0.1, 0.15) is 37.5 Å². The number of benzene rings is 2. The first kappa shape index (κ1) is 17.7. The highest BCUT2D eigenvalue weighted by Crippen LogP contribution is 2.32. The Bertz CT molecular complexity index is 670. The predicted molar refractivity (Wildman–Crippen MR) is 90.8 cm³/mol. The smallest absolute Gasteiger partial charge is 0.325 e. The predicted octanol–water partition coefficient (Wildman–Crippen LogP) is 6.43. The molecule has 23 heavy (non-hydrogen) atoms. The number of hydrogen-bond acceptors (Lipinski definition) is 2. The van der Waals surface area contributed by atoms with Gasteiger partial charge in [0, 0.05) is 10.6 Å². The monoisotopic (exact) mass is 339 g/mol. The Balaban J connectivity index is 2.06. The molecule has 0 saturated carbocycles. The van der Waals surface area contributed by atoms with Crippen molar-refractivity contribution in [2.24, 2.45) is 0 Å². The van der Waals surface area contributed by atoms with Crippen LogP contribution in [0.3, 0.4) is 0 Å². The van der Waals surface area contributed by atoms with Gasteiger partial charge in [-0.05, 0) is 65.7 Å². The summed E-state index contributed by atoms with van der Waals surface area (Å²) in [6.45, 7) is 8.49. The molecule has 5 heteroatoms. The summed E-state index contributed by atoms with van der Waals surface area (Å²) in [6.07, 6.45) is -4.30. The maximum Gasteiger partial charge on any atom is 0.416 e. The molecule has 0 atom stereocenters. The molecular weight excluding hydrogens is 319 g/mol. The SMILES string of the molecule is Cc1cc(C(C)(C)C)ccc1NSc1ccc(C(F)(F)F)cc1. The minimum absolute atomic E-state index is 0.0872. The average Bonchev–Trinajstić information content (AvgIpc) is 2.44. The molecule has 1 nitrogen and oxygen atoms in total. The van der Waals surface area contributed by atoms with Crippen LogP contribution in [-0.4, -0.2) is 0 Å². The van der Waals surface area contributed by atoms with Crippen molar-refractivity contribution in [3.63, 3.8) is 0 Å². The van der Waals surface area contributed by atoms with Gasteiger partial charge in [-0.3, -0.25) is 0 Å². The van der Waals surface area contributed by atoms with Crippen molar-refractivity contribution in [2.45, 2.75) is 44.2 Å². The molecule has 1 N–H and O–H groups in total. The van der Waals surface area contributed by atoms with E-state index in [1.165, 1.54) is 29.6 Å². The highest BCUT2D eigenvalue weighted by Gasteiger charge is 2.29. The molecule has 2 aromatic rings. The van der Waals surface area contributed by atoms with Gasteiger partial charge in [0.1, 0.15) is 0 Å². The third-order valence-corrected chi connectivity index (χ3v) is 4.38. The lowest BCUT2D eigenvalue weighted by atomic mass is 9.86. The average molecular weight is 339 g/mol. The van der Waals surface area contributed by atoms with Gasteiger partial charge in [-0.1, -0.05) is 32.9 Å². The Hall–Kier alpha value is -1.62. The summed E-state index contributed by atoms with van der Waals surface area (Å²) in [7, 11) is 0. The minimum Gasteiger partial charge on any atom is -0.325 e. The van der Waals surface area contributed by atoms with Crippen LogP contribution in [0, 0.1) is 6.92 Å². The normalized spacial score (nSPS) is 12.3. The number of anilines is 1. The van der Waals surface area contributed by atoms with E-state index in [1.807, 2.05) is 13.0 Å². The first-order valence-corrected chi connectivity index (χ1v) is 8.10. The summed E-state index contributed by atoms with van der Waals surface area (Å²) in [6, 6.07) is 11.4. The van der Waals surface area contributed by atoms with Crippen molar-refractivity contribution >= 4 is 17.6 Å². The zero-order valence-electron chi connectivity index (χ0n) is 13.6. The second-order valence-electron chi connectivity index (χ2n) is 6.51. The summed E-state index contributed by atoms with van der Waals surface area (Å²) in [5.41, 5.74) is 2.77. The van der Waals surface area contributed by atoms with Gasteiger partial charge in [0.15, 0.2) is 0 Å². The lowest BCUT2D eigenvalue weighted by Crippen LogP contribution is -2.11. The molecular formula is C18H20F3NS. The highest BCUT2D eigenvalue weighted by atomic mass is 32.2. The number of hydrogen-bond donors (Lipinski definition) is 1. The van der Waals surface area contributed by atoms with Gasteiger partial charge in [-0.15, -0.1) is 0 Å². The molecule has 124 valence electrons. The van der Waals surface area contributed by atoms with Crippen LogP contribution in [0.15, 0.2) is 47.4 Å². The number of nitrogens with one attached hydrogen (secondary N) is 1. The molecule has 0 aliphatic rings. The fraction of sp³-hybridized carbons (Fsp3) is 0.333. The molecule has 0 unspecified atom stereocenters. The molecule has 0 saturated heterocycles. The summed E-state index contributed by atoms with van der Waals surface area (Å²) >= 11 is 1.30. The summed E-state index contributed by atoms with van der Waals surface area (Å²) in [4.78, 5) is 0.734. The molecule has 2 aromatic carbocycles. The third-order valence-electron chi connectivity index (χ3n) is 3.55. The molecule has 0 bridgehead atoms. The molecule has 0 radical (unpaired) electrons. The van der Waals surface area contributed by atoms with E-state index in [1.54, 1.807) is 0 Å². The fourth-order valence-corrected chi connectivity index (χ4v) is 2.80. The topological polar surface area (TPSA) is 12.0 Å². The maximum absolute atomic E-state index is 12.5. The number of aryl methyl sites for hydroxylation is 1. The van der Waals surface area contributed by atoms with Crippen molar-refractivity contribution < 1.29 is 13.2 Å². The zero-order valence-corrected chi connectivity index (χ0v) is 14.4. The van der Waals surface area contributed by atoms with Gasteiger partial charge in [-0.2, -0.15) is 13.2 Å². The summed E-state index contributed by atoms with van der Waals surface area (Å²) < 4.78 is 40.8. The zero-order chi connectivity index (χ0) is 17.3. The van der Waals surface area contributed by atoms with Gasteiger partial charge in [0.2, 0.25) is 0 Å². The summed E-state index contributed by atoms with van der Waals surface area (Å²) in [5, 5.41) is 0. The summed E-state index contributed by atoms with van der Waals surface area (Å²) in [5.74, 6) is 0. The molecule has 2 rings (SSSR count). The number of halogens is 3. The Labute approximate surface area is 139 Å². The lowest BCUT2D eigenvalue weighted by molar-refractivity contribution is -0.137. The van der Waals surface area contributed by atoms with E-state index in [4.69, 9.17) is 0 Å². The standard InChI is InChI=1S/C18H20F3NS/c1-12-11-14(17(2,3)4)7-10-16(12)22-23-15-8-5-13(6-9-15)18(19,20)21/h5-11,22H,1-4H3.